The molecule has 5 rings (SSSR count). The molecule has 0 aromatic heterocycles. The average Bonchev–Trinajstić information content (AvgIpc) is 3.33. The second kappa shape index (κ2) is 7.67. The Hall–Kier alpha value is -3.02. The normalized spacial score (nSPS) is 24.6. The number of hydrogen-bond acceptors (Lipinski definition) is 4. The van der Waals surface area contributed by atoms with Gasteiger partial charge in [0.25, 0.3) is 5.91 Å². The molecule has 30 heavy (non-hydrogen) atoms. The van der Waals surface area contributed by atoms with Crippen LogP contribution in [0.2, 0.25) is 0 Å². The minimum absolute atomic E-state index is 0.0893. The zero-order chi connectivity index (χ0) is 20.7. The molecule has 0 saturated heterocycles. The van der Waals surface area contributed by atoms with E-state index < -0.39 is 6.04 Å². The number of nitrogens with zero attached hydrogens (tertiary/aromatic N) is 1. The van der Waals surface area contributed by atoms with E-state index in [1.54, 1.807) is 11.0 Å². The Bertz CT molecular complexity index is 981. The lowest BCUT2D eigenvalue weighted by atomic mass is 9.87. The van der Waals surface area contributed by atoms with Gasteiger partial charge in [0.2, 0.25) is 12.7 Å². The molecule has 6 heteroatoms. The van der Waals surface area contributed by atoms with Crippen LogP contribution in [0.1, 0.15) is 60.1 Å². The molecule has 1 fully saturated rings. The fraction of sp³-hybridized carbons (Fsp3) is 0.417. The van der Waals surface area contributed by atoms with E-state index in [0.29, 0.717) is 23.6 Å². The second-order valence-electron chi connectivity index (χ2n) is 8.58. The smallest absolute Gasteiger partial charge is 0.255 e. The van der Waals surface area contributed by atoms with Crippen molar-refractivity contribution < 1.29 is 19.1 Å². The zero-order valence-corrected chi connectivity index (χ0v) is 17.1. The maximum atomic E-state index is 13.3. The summed E-state index contributed by atoms with van der Waals surface area (Å²) in [7, 11) is 0. The number of nitrogens with one attached hydrogen (secondary N) is 1. The van der Waals surface area contributed by atoms with Crippen molar-refractivity contribution in [2.45, 2.75) is 51.2 Å². The third kappa shape index (κ3) is 3.40. The van der Waals surface area contributed by atoms with E-state index in [1.165, 1.54) is 0 Å². The van der Waals surface area contributed by atoms with Crippen LogP contribution in [0.4, 0.5) is 0 Å². The topological polar surface area (TPSA) is 67.9 Å². The molecular formula is C24H26N2O4. The number of fused-ring (bicyclic) bond motifs is 2. The van der Waals surface area contributed by atoms with E-state index in [2.05, 4.69) is 12.2 Å². The summed E-state index contributed by atoms with van der Waals surface area (Å²) in [6.45, 7) is 2.80. The van der Waals surface area contributed by atoms with Crippen LogP contribution >= 0.6 is 0 Å². The summed E-state index contributed by atoms with van der Waals surface area (Å²) in [4.78, 5) is 28.2. The first-order chi connectivity index (χ1) is 14.6. The van der Waals surface area contributed by atoms with E-state index in [0.717, 1.165) is 42.7 Å². The van der Waals surface area contributed by atoms with Gasteiger partial charge in [0.1, 0.15) is 6.04 Å². The summed E-state index contributed by atoms with van der Waals surface area (Å²) in [6, 6.07) is 12.7. The van der Waals surface area contributed by atoms with Gasteiger partial charge >= 0.3 is 0 Å². The highest BCUT2D eigenvalue weighted by molar-refractivity contribution is 6.04. The van der Waals surface area contributed by atoms with Gasteiger partial charge in [0, 0.05) is 18.2 Å². The minimum Gasteiger partial charge on any atom is -0.454 e. The van der Waals surface area contributed by atoms with Crippen molar-refractivity contribution in [3.8, 4) is 11.5 Å². The Balaban J connectivity index is 1.40. The maximum absolute atomic E-state index is 13.3. The molecule has 1 atom stereocenters. The van der Waals surface area contributed by atoms with Crippen LogP contribution in [0, 0.1) is 5.92 Å². The van der Waals surface area contributed by atoms with Crippen molar-refractivity contribution in [3.63, 3.8) is 0 Å². The van der Waals surface area contributed by atoms with Crippen LogP contribution in [0.5, 0.6) is 11.5 Å². The van der Waals surface area contributed by atoms with Crippen molar-refractivity contribution in [3.05, 3.63) is 59.2 Å². The quantitative estimate of drug-likeness (QED) is 0.839. The first kappa shape index (κ1) is 19.0. The fourth-order valence-electron chi connectivity index (χ4n) is 4.74. The van der Waals surface area contributed by atoms with Crippen LogP contribution in [-0.2, 0) is 11.3 Å². The molecule has 2 amide bonds. The van der Waals surface area contributed by atoms with E-state index in [4.69, 9.17) is 9.47 Å². The van der Waals surface area contributed by atoms with Crippen LogP contribution in [-0.4, -0.2) is 29.5 Å². The summed E-state index contributed by atoms with van der Waals surface area (Å²) in [5.74, 6) is 1.90. The molecule has 0 unspecified atom stereocenters. The number of carbonyl (C=O) groups excluding carboxylic acids is 2. The van der Waals surface area contributed by atoms with Crippen molar-refractivity contribution in [2.75, 3.05) is 6.79 Å². The van der Waals surface area contributed by atoms with Gasteiger partial charge in [-0.2, -0.15) is 0 Å². The largest absolute Gasteiger partial charge is 0.454 e. The number of amides is 2. The van der Waals surface area contributed by atoms with Crippen molar-refractivity contribution in [1.29, 1.82) is 0 Å². The standard InChI is InChI=1S/C24H26N2O4/c1-15-6-9-17(10-7-15)25-23(27)22-18-4-2-3-5-19(18)24(28)26(22)13-16-8-11-20-21(12-16)30-14-29-20/h2-5,8,11-12,15,17,22H,6-7,9-10,13-14H2,1H3,(H,25,27)/t15?,17?,22-/m0/s1. The number of benzene rings is 2. The molecule has 0 bridgehead atoms. The van der Waals surface area contributed by atoms with Gasteiger partial charge in [-0.15, -0.1) is 0 Å². The summed E-state index contributed by atoms with van der Waals surface area (Å²) < 4.78 is 10.9. The number of carbonyl (C=O) groups is 2. The summed E-state index contributed by atoms with van der Waals surface area (Å²) in [5, 5.41) is 3.22. The molecular weight excluding hydrogens is 380 g/mol. The van der Waals surface area contributed by atoms with Crippen LogP contribution in [0.3, 0.4) is 0 Å². The Labute approximate surface area is 176 Å². The van der Waals surface area contributed by atoms with Crippen molar-refractivity contribution in [1.82, 2.24) is 10.2 Å². The highest BCUT2D eigenvalue weighted by Gasteiger charge is 2.41. The summed E-state index contributed by atoms with van der Waals surface area (Å²) >= 11 is 0. The molecule has 3 aliphatic rings. The lowest BCUT2D eigenvalue weighted by Crippen LogP contribution is -2.44. The van der Waals surface area contributed by atoms with Gasteiger partial charge in [0.15, 0.2) is 11.5 Å². The zero-order valence-electron chi connectivity index (χ0n) is 17.1. The first-order valence-corrected chi connectivity index (χ1v) is 10.7. The molecule has 2 heterocycles. The average molecular weight is 406 g/mol. The number of rotatable bonds is 4. The lowest BCUT2D eigenvalue weighted by Gasteiger charge is -2.30. The predicted molar refractivity (Wildman–Crippen MR) is 111 cm³/mol. The molecule has 0 spiro atoms. The summed E-state index contributed by atoms with van der Waals surface area (Å²) in [6.07, 6.45) is 4.26. The highest BCUT2D eigenvalue weighted by Crippen LogP contribution is 2.38. The molecule has 2 aromatic carbocycles. The van der Waals surface area contributed by atoms with Gasteiger partial charge in [0.05, 0.1) is 0 Å². The summed E-state index contributed by atoms with van der Waals surface area (Å²) in [5.41, 5.74) is 2.30. The van der Waals surface area contributed by atoms with E-state index >= 15 is 0 Å². The number of hydrogen-bond donors (Lipinski definition) is 1. The predicted octanol–water partition coefficient (Wildman–Crippen LogP) is 3.81. The lowest BCUT2D eigenvalue weighted by molar-refractivity contribution is -0.126. The van der Waals surface area contributed by atoms with E-state index in [1.807, 2.05) is 36.4 Å². The Morgan fingerprint density at radius 3 is 2.67 bits per heavy atom. The third-order valence-corrected chi connectivity index (χ3v) is 6.46. The Kier molecular flexibility index (Phi) is 4.85. The Morgan fingerprint density at radius 2 is 1.83 bits per heavy atom. The molecule has 1 aliphatic carbocycles. The molecule has 1 saturated carbocycles. The van der Waals surface area contributed by atoms with E-state index in [9.17, 15) is 9.59 Å². The minimum atomic E-state index is -0.613. The van der Waals surface area contributed by atoms with Gasteiger partial charge in [-0.05, 0) is 60.9 Å². The van der Waals surface area contributed by atoms with Crippen LogP contribution in [0.25, 0.3) is 0 Å². The molecule has 2 aromatic rings. The van der Waals surface area contributed by atoms with E-state index in [-0.39, 0.29) is 24.6 Å². The molecule has 156 valence electrons. The molecule has 6 nitrogen and oxygen atoms in total. The number of ether oxygens (including phenoxy) is 2. The van der Waals surface area contributed by atoms with Gasteiger partial charge in [-0.25, -0.2) is 0 Å². The van der Waals surface area contributed by atoms with Gasteiger partial charge < -0.3 is 19.7 Å². The third-order valence-electron chi connectivity index (χ3n) is 6.46. The van der Waals surface area contributed by atoms with Crippen molar-refractivity contribution in [2.24, 2.45) is 5.92 Å². The maximum Gasteiger partial charge on any atom is 0.255 e. The molecule has 2 aliphatic heterocycles. The monoisotopic (exact) mass is 406 g/mol. The Morgan fingerprint density at radius 1 is 1.07 bits per heavy atom. The second-order valence-corrected chi connectivity index (χ2v) is 8.58. The fourth-order valence-corrected chi connectivity index (χ4v) is 4.74. The molecule has 0 radical (unpaired) electrons. The SMILES string of the molecule is CC1CCC(NC(=O)[C@@H]2c3ccccc3C(=O)N2Cc2ccc3c(c2)OCO3)CC1. The first-order valence-electron chi connectivity index (χ1n) is 10.7. The van der Waals surface area contributed by atoms with Gasteiger partial charge in [-0.1, -0.05) is 31.2 Å². The highest BCUT2D eigenvalue weighted by atomic mass is 16.7. The van der Waals surface area contributed by atoms with Gasteiger partial charge in [-0.3, -0.25) is 9.59 Å². The van der Waals surface area contributed by atoms with Crippen molar-refractivity contribution >= 4 is 11.8 Å². The van der Waals surface area contributed by atoms with Crippen LogP contribution < -0.4 is 14.8 Å². The molecule has 1 N–H and O–H groups in total. The van der Waals surface area contributed by atoms with Crippen LogP contribution in [0.15, 0.2) is 42.5 Å².